The molecule has 1 saturated heterocycles. The van der Waals surface area contributed by atoms with Crippen LogP contribution in [0.25, 0.3) is 0 Å². The summed E-state index contributed by atoms with van der Waals surface area (Å²) in [5, 5.41) is 8.74. The molecule has 1 amide bonds. The second-order valence-electron chi connectivity index (χ2n) is 5.06. The first kappa shape index (κ1) is 14.0. The summed E-state index contributed by atoms with van der Waals surface area (Å²) in [5.74, 6) is -0.805. The molecule has 1 aliphatic heterocycles. The minimum atomic E-state index is -0.845. The third kappa shape index (κ3) is 3.19. The molecule has 1 N–H and O–H groups in total. The van der Waals surface area contributed by atoms with Crippen LogP contribution in [0.1, 0.15) is 33.6 Å². The van der Waals surface area contributed by atoms with Crippen molar-refractivity contribution >= 4 is 11.9 Å². The van der Waals surface area contributed by atoms with E-state index in [9.17, 15) is 9.59 Å². The Morgan fingerprint density at radius 3 is 2.59 bits per heavy atom. The first-order chi connectivity index (χ1) is 7.84. The Labute approximate surface area is 102 Å². The summed E-state index contributed by atoms with van der Waals surface area (Å²) in [6.45, 7) is 6.88. The lowest BCUT2D eigenvalue weighted by Crippen LogP contribution is -2.61. The summed E-state index contributed by atoms with van der Waals surface area (Å²) in [5.41, 5.74) is 0. The van der Waals surface area contributed by atoms with Crippen molar-refractivity contribution in [3.05, 3.63) is 0 Å². The van der Waals surface area contributed by atoms with Crippen molar-refractivity contribution in [1.82, 2.24) is 9.80 Å². The van der Waals surface area contributed by atoms with Crippen molar-refractivity contribution in [2.75, 3.05) is 13.6 Å². The smallest absolute Gasteiger partial charge is 0.303 e. The van der Waals surface area contributed by atoms with Crippen LogP contribution in [0.3, 0.4) is 0 Å². The van der Waals surface area contributed by atoms with Crippen LogP contribution in [0.2, 0.25) is 0 Å². The van der Waals surface area contributed by atoms with Crippen molar-refractivity contribution in [2.45, 2.75) is 51.7 Å². The quantitative estimate of drug-likeness (QED) is 0.792. The van der Waals surface area contributed by atoms with Gasteiger partial charge in [0.15, 0.2) is 0 Å². The number of piperazine rings is 1. The van der Waals surface area contributed by atoms with Crippen molar-refractivity contribution in [3.63, 3.8) is 0 Å². The van der Waals surface area contributed by atoms with Crippen LogP contribution in [0.5, 0.6) is 0 Å². The third-order valence-corrected chi connectivity index (χ3v) is 3.30. The highest BCUT2D eigenvalue weighted by atomic mass is 16.4. The van der Waals surface area contributed by atoms with Gasteiger partial charge in [0.1, 0.15) is 0 Å². The third-order valence-electron chi connectivity index (χ3n) is 3.30. The molecule has 0 radical (unpaired) electrons. The lowest BCUT2D eigenvalue weighted by atomic mass is 10.00. The number of hydrogen-bond donors (Lipinski definition) is 1. The molecule has 17 heavy (non-hydrogen) atoms. The second-order valence-corrected chi connectivity index (χ2v) is 5.06. The van der Waals surface area contributed by atoms with Crippen LogP contribution in [0, 0.1) is 0 Å². The summed E-state index contributed by atoms with van der Waals surface area (Å²) in [7, 11) is 1.78. The number of carboxylic acid groups (broad SMARTS) is 1. The molecule has 0 bridgehead atoms. The zero-order chi connectivity index (χ0) is 13.2. The number of likely N-dealkylation sites (N-methyl/N-ethyl adjacent to an activating group) is 1. The first-order valence-electron chi connectivity index (χ1n) is 6.08. The van der Waals surface area contributed by atoms with E-state index < -0.39 is 5.97 Å². The number of carbonyl (C=O) groups excluding carboxylic acids is 1. The number of rotatable bonds is 4. The molecule has 1 heterocycles. The summed E-state index contributed by atoms with van der Waals surface area (Å²) < 4.78 is 0. The number of nitrogens with zero attached hydrogens (tertiary/aromatic N) is 2. The van der Waals surface area contributed by atoms with Gasteiger partial charge in [-0.2, -0.15) is 0 Å². The van der Waals surface area contributed by atoms with E-state index in [4.69, 9.17) is 5.11 Å². The normalized spacial score (nSPS) is 26.6. The van der Waals surface area contributed by atoms with Gasteiger partial charge in [0.05, 0.1) is 6.04 Å². The number of hydrogen-bond acceptors (Lipinski definition) is 3. The molecule has 0 spiro atoms. The minimum absolute atomic E-state index is 0.0399. The zero-order valence-electron chi connectivity index (χ0n) is 11.0. The van der Waals surface area contributed by atoms with Gasteiger partial charge in [0.2, 0.25) is 5.91 Å². The Balaban J connectivity index is 2.82. The molecule has 2 unspecified atom stereocenters. The molecule has 0 aromatic rings. The van der Waals surface area contributed by atoms with E-state index in [2.05, 4.69) is 11.8 Å². The highest BCUT2D eigenvalue weighted by Crippen LogP contribution is 2.22. The zero-order valence-corrected chi connectivity index (χ0v) is 11.0. The van der Waals surface area contributed by atoms with Crippen molar-refractivity contribution in [2.24, 2.45) is 0 Å². The molecule has 2 atom stereocenters. The van der Waals surface area contributed by atoms with Gasteiger partial charge >= 0.3 is 5.97 Å². The van der Waals surface area contributed by atoms with Crippen LogP contribution in [-0.2, 0) is 9.59 Å². The predicted octanol–water partition coefficient (Wildman–Crippen LogP) is 0.791. The first-order valence-corrected chi connectivity index (χ1v) is 6.08. The van der Waals surface area contributed by atoms with Crippen LogP contribution in [-0.4, -0.2) is 58.5 Å². The fraction of sp³-hybridized carbons (Fsp3) is 0.833. The highest BCUT2D eigenvalue weighted by molar-refractivity contribution is 5.83. The predicted molar refractivity (Wildman–Crippen MR) is 64.7 cm³/mol. The molecule has 0 aromatic heterocycles. The van der Waals surface area contributed by atoms with E-state index in [-0.39, 0.29) is 30.5 Å². The second kappa shape index (κ2) is 5.49. The molecule has 5 nitrogen and oxygen atoms in total. The standard InChI is InChI=1S/C12H22N2O3/c1-8(2)14-9(3)7-13(4)12(17)10(14)5-6-11(15)16/h8-10H,5-7H2,1-4H3,(H,15,16). The van der Waals surface area contributed by atoms with Gasteiger partial charge < -0.3 is 10.0 Å². The maximum Gasteiger partial charge on any atom is 0.303 e. The van der Waals surface area contributed by atoms with Crippen molar-refractivity contribution in [1.29, 1.82) is 0 Å². The van der Waals surface area contributed by atoms with E-state index in [1.165, 1.54) is 0 Å². The lowest BCUT2D eigenvalue weighted by molar-refractivity contribution is -0.146. The number of aliphatic carboxylic acids is 1. The van der Waals surface area contributed by atoms with Gasteiger partial charge in [-0.1, -0.05) is 0 Å². The fourth-order valence-electron chi connectivity index (χ4n) is 2.67. The van der Waals surface area contributed by atoms with Gasteiger partial charge in [-0.25, -0.2) is 0 Å². The molecule has 98 valence electrons. The van der Waals surface area contributed by atoms with E-state index in [1.807, 2.05) is 13.8 Å². The van der Waals surface area contributed by atoms with Crippen LogP contribution in [0.15, 0.2) is 0 Å². The number of amides is 1. The van der Waals surface area contributed by atoms with Crippen molar-refractivity contribution < 1.29 is 14.7 Å². The minimum Gasteiger partial charge on any atom is -0.481 e. The summed E-state index contributed by atoms with van der Waals surface area (Å²) in [6.07, 6.45) is 0.432. The summed E-state index contributed by atoms with van der Waals surface area (Å²) >= 11 is 0. The van der Waals surface area contributed by atoms with Gasteiger partial charge in [0.25, 0.3) is 0 Å². The Bertz CT molecular complexity index is 304. The number of carboxylic acids is 1. The van der Waals surface area contributed by atoms with E-state index >= 15 is 0 Å². The van der Waals surface area contributed by atoms with Crippen molar-refractivity contribution in [3.8, 4) is 0 Å². The molecule has 0 saturated carbocycles. The number of carbonyl (C=O) groups is 2. The monoisotopic (exact) mass is 242 g/mol. The highest BCUT2D eigenvalue weighted by Gasteiger charge is 2.38. The lowest BCUT2D eigenvalue weighted by Gasteiger charge is -2.45. The van der Waals surface area contributed by atoms with Crippen LogP contribution >= 0.6 is 0 Å². The van der Waals surface area contributed by atoms with Crippen LogP contribution < -0.4 is 0 Å². The maximum atomic E-state index is 12.1. The SMILES string of the molecule is CC(C)N1C(C)CN(C)C(=O)C1CCC(=O)O. The average Bonchev–Trinajstić information content (AvgIpc) is 2.20. The van der Waals surface area contributed by atoms with Gasteiger partial charge in [-0.15, -0.1) is 0 Å². The van der Waals surface area contributed by atoms with E-state index in [0.717, 1.165) is 0 Å². The Kier molecular flexibility index (Phi) is 4.51. The Morgan fingerprint density at radius 2 is 2.12 bits per heavy atom. The molecular formula is C12H22N2O3. The van der Waals surface area contributed by atoms with Crippen LogP contribution in [0.4, 0.5) is 0 Å². The molecule has 1 rings (SSSR count). The topological polar surface area (TPSA) is 60.9 Å². The van der Waals surface area contributed by atoms with E-state index in [1.54, 1.807) is 11.9 Å². The molecule has 1 fully saturated rings. The average molecular weight is 242 g/mol. The van der Waals surface area contributed by atoms with Gasteiger partial charge in [0, 0.05) is 32.1 Å². The summed E-state index contributed by atoms with van der Waals surface area (Å²) in [6, 6.07) is 0.234. The van der Waals surface area contributed by atoms with E-state index in [0.29, 0.717) is 13.0 Å². The molecule has 1 aliphatic rings. The maximum absolute atomic E-state index is 12.1. The Hall–Kier alpha value is -1.10. The fourth-order valence-corrected chi connectivity index (χ4v) is 2.67. The molecule has 5 heteroatoms. The summed E-state index contributed by atoms with van der Waals surface area (Å²) in [4.78, 5) is 26.6. The largest absolute Gasteiger partial charge is 0.481 e. The van der Waals surface area contributed by atoms with Gasteiger partial charge in [-0.3, -0.25) is 14.5 Å². The molecular weight excluding hydrogens is 220 g/mol. The molecule has 0 aromatic carbocycles. The Morgan fingerprint density at radius 1 is 1.53 bits per heavy atom. The molecule has 0 aliphatic carbocycles. The van der Waals surface area contributed by atoms with Gasteiger partial charge in [-0.05, 0) is 27.2 Å².